The van der Waals surface area contributed by atoms with Gasteiger partial charge in [-0.3, -0.25) is 4.79 Å². The lowest BCUT2D eigenvalue weighted by molar-refractivity contribution is 0.0674. The van der Waals surface area contributed by atoms with Gasteiger partial charge in [0.25, 0.3) is 5.91 Å². The SMILES string of the molecule is CCCN(CCC)C(=O)c1c(-c2ccccc2)ccc(C)c1C(=O)O. The molecule has 2 aromatic carbocycles. The van der Waals surface area contributed by atoms with Crippen molar-refractivity contribution in [2.45, 2.75) is 33.6 Å². The predicted octanol–water partition coefficient (Wildman–Crippen LogP) is 4.62. The smallest absolute Gasteiger partial charge is 0.336 e. The van der Waals surface area contributed by atoms with Crippen molar-refractivity contribution in [2.75, 3.05) is 13.1 Å². The molecule has 0 aliphatic rings. The highest BCUT2D eigenvalue weighted by atomic mass is 16.4. The fourth-order valence-electron chi connectivity index (χ4n) is 3.08. The Hall–Kier alpha value is -2.62. The summed E-state index contributed by atoms with van der Waals surface area (Å²) >= 11 is 0. The van der Waals surface area contributed by atoms with E-state index < -0.39 is 5.97 Å². The van der Waals surface area contributed by atoms with Crippen molar-refractivity contribution in [3.8, 4) is 11.1 Å². The van der Waals surface area contributed by atoms with Gasteiger partial charge in [-0.1, -0.05) is 56.3 Å². The summed E-state index contributed by atoms with van der Waals surface area (Å²) in [6.45, 7) is 7.01. The van der Waals surface area contributed by atoms with Crippen molar-refractivity contribution in [3.63, 3.8) is 0 Å². The number of hydrogen-bond donors (Lipinski definition) is 1. The fourth-order valence-corrected chi connectivity index (χ4v) is 3.08. The normalized spacial score (nSPS) is 10.5. The van der Waals surface area contributed by atoms with Crippen LogP contribution in [0.1, 0.15) is 53.0 Å². The van der Waals surface area contributed by atoms with Crippen LogP contribution in [0, 0.1) is 6.92 Å². The topological polar surface area (TPSA) is 57.6 Å². The van der Waals surface area contributed by atoms with E-state index in [0.717, 1.165) is 18.4 Å². The van der Waals surface area contributed by atoms with Gasteiger partial charge in [0.15, 0.2) is 0 Å². The average molecular weight is 339 g/mol. The number of carbonyl (C=O) groups is 2. The van der Waals surface area contributed by atoms with E-state index in [-0.39, 0.29) is 11.5 Å². The average Bonchev–Trinajstić information content (AvgIpc) is 2.61. The third-order valence-corrected chi connectivity index (χ3v) is 4.20. The first-order valence-electron chi connectivity index (χ1n) is 8.72. The van der Waals surface area contributed by atoms with Crippen LogP contribution in [0.2, 0.25) is 0 Å². The van der Waals surface area contributed by atoms with Crippen LogP contribution in [0.4, 0.5) is 0 Å². The van der Waals surface area contributed by atoms with Gasteiger partial charge in [0.1, 0.15) is 0 Å². The van der Waals surface area contributed by atoms with Crippen LogP contribution < -0.4 is 0 Å². The first kappa shape index (κ1) is 18.7. The van der Waals surface area contributed by atoms with E-state index in [9.17, 15) is 14.7 Å². The number of amides is 1. The molecule has 0 spiro atoms. The molecule has 0 saturated heterocycles. The van der Waals surface area contributed by atoms with Crippen molar-refractivity contribution in [2.24, 2.45) is 0 Å². The molecule has 1 amide bonds. The van der Waals surface area contributed by atoms with E-state index >= 15 is 0 Å². The molecular formula is C21H25NO3. The molecule has 0 bridgehead atoms. The van der Waals surface area contributed by atoms with Crippen LogP contribution in [-0.4, -0.2) is 35.0 Å². The zero-order valence-electron chi connectivity index (χ0n) is 15.1. The summed E-state index contributed by atoms with van der Waals surface area (Å²) in [6, 6.07) is 13.1. The molecule has 0 heterocycles. The van der Waals surface area contributed by atoms with Crippen molar-refractivity contribution in [1.29, 1.82) is 0 Å². The number of aryl methyl sites for hydroxylation is 1. The summed E-state index contributed by atoms with van der Waals surface area (Å²) in [5.41, 5.74) is 2.51. The van der Waals surface area contributed by atoms with Crippen molar-refractivity contribution in [3.05, 3.63) is 59.2 Å². The van der Waals surface area contributed by atoms with E-state index in [1.165, 1.54) is 0 Å². The van der Waals surface area contributed by atoms with E-state index in [1.807, 2.05) is 50.2 Å². The number of rotatable bonds is 7. The van der Waals surface area contributed by atoms with Crippen LogP contribution in [0.15, 0.2) is 42.5 Å². The van der Waals surface area contributed by atoms with Crippen molar-refractivity contribution >= 4 is 11.9 Å². The standard InChI is InChI=1S/C21H25NO3/c1-4-13-22(14-5-2)20(23)19-17(16-9-7-6-8-10-16)12-11-15(3)18(19)21(24)25/h6-12H,4-5,13-14H2,1-3H3,(H,24,25). The summed E-state index contributed by atoms with van der Waals surface area (Å²) in [4.78, 5) is 26.9. The maximum atomic E-state index is 13.3. The van der Waals surface area contributed by atoms with Gasteiger partial charge in [-0.15, -0.1) is 0 Å². The Kier molecular flexibility index (Phi) is 6.34. The quantitative estimate of drug-likeness (QED) is 0.800. The van der Waals surface area contributed by atoms with Crippen LogP contribution in [0.3, 0.4) is 0 Å². The van der Waals surface area contributed by atoms with Crippen LogP contribution >= 0.6 is 0 Å². The maximum Gasteiger partial charge on any atom is 0.336 e. The minimum absolute atomic E-state index is 0.101. The molecule has 0 radical (unpaired) electrons. The van der Waals surface area contributed by atoms with E-state index in [0.29, 0.717) is 29.8 Å². The van der Waals surface area contributed by atoms with E-state index in [1.54, 1.807) is 17.9 Å². The van der Waals surface area contributed by atoms with E-state index in [4.69, 9.17) is 0 Å². The second-order valence-electron chi connectivity index (χ2n) is 6.14. The highest BCUT2D eigenvalue weighted by molar-refractivity contribution is 6.10. The molecule has 0 fully saturated rings. The van der Waals surface area contributed by atoms with Crippen molar-refractivity contribution < 1.29 is 14.7 Å². The number of hydrogen-bond acceptors (Lipinski definition) is 2. The number of carboxylic acids is 1. The number of carboxylic acid groups (broad SMARTS) is 1. The molecular weight excluding hydrogens is 314 g/mol. The van der Waals surface area contributed by atoms with Crippen LogP contribution in [0.25, 0.3) is 11.1 Å². The van der Waals surface area contributed by atoms with Gasteiger partial charge in [-0.05, 0) is 36.5 Å². The number of nitrogens with zero attached hydrogens (tertiary/aromatic N) is 1. The van der Waals surface area contributed by atoms with Gasteiger partial charge >= 0.3 is 5.97 Å². The van der Waals surface area contributed by atoms with Gasteiger partial charge in [-0.25, -0.2) is 4.79 Å². The predicted molar refractivity (Wildman–Crippen MR) is 100 cm³/mol. The monoisotopic (exact) mass is 339 g/mol. The third-order valence-electron chi connectivity index (χ3n) is 4.20. The van der Waals surface area contributed by atoms with Crippen molar-refractivity contribution in [1.82, 2.24) is 4.90 Å². The van der Waals surface area contributed by atoms with Gasteiger partial charge in [-0.2, -0.15) is 0 Å². The van der Waals surface area contributed by atoms with Gasteiger partial charge in [0, 0.05) is 13.1 Å². The molecule has 4 nitrogen and oxygen atoms in total. The first-order valence-corrected chi connectivity index (χ1v) is 8.72. The summed E-state index contributed by atoms with van der Waals surface area (Å²) in [7, 11) is 0. The Labute approximate surface area is 149 Å². The highest BCUT2D eigenvalue weighted by Gasteiger charge is 2.26. The van der Waals surface area contributed by atoms with Crippen LogP contribution in [0.5, 0.6) is 0 Å². The summed E-state index contributed by atoms with van der Waals surface area (Å²) in [5.74, 6) is -1.27. The van der Waals surface area contributed by atoms with Gasteiger partial charge in [0.2, 0.25) is 0 Å². The molecule has 25 heavy (non-hydrogen) atoms. The van der Waals surface area contributed by atoms with Gasteiger partial charge in [0.05, 0.1) is 11.1 Å². The zero-order valence-corrected chi connectivity index (χ0v) is 15.1. The Morgan fingerprint density at radius 3 is 2.04 bits per heavy atom. The van der Waals surface area contributed by atoms with Gasteiger partial charge < -0.3 is 10.0 Å². The van der Waals surface area contributed by atoms with E-state index in [2.05, 4.69) is 0 Å². The zero-order chi connectivity index (χ0) is 18.4. The molecule has 0 saturated carbocycles. The lowest BCUT2D eigenvalue weighted by atomic mass is 9.91. The van der Waals surface area contributed by atoms with Crippen LogP contribution in [-0.2, 0) is 0 Å². The maximum absolute atomic E-state index is 13.3. The summed E-state index contributed by atoms with van der Waals surface area (Å²) < 4.78 is 0. The molecule has 2 aromatic rings. The lowest BCUT2D eigenvalue weighted by Gasteiger charge is -2.24. The third kappa shape index (κ3) is 4.08. The number of carbonyl (C=O) groups excluding carboxylic acids is 1. The molecule has 0 aromatic heterocycles. The number of aromatic carboxylic acids is 1. The fraction of sp³-hybridized carbons (Fsp3) is 0.333. The second-order valence-corrected chi connectivity index (χ2v) is 6.14. The Bertz CT molecular complexity index is 747. The molecule has 4 heteroatoms. The lowest BCUT2D eigenvalue weighted by Crippen LogP contribution is -2.34. The minimum Gasteiger partial charge on any atom is -0.478 e. The molecule has 0 aliphatic heterocycles. The first-order chi connectivity index (χ1) is 12.0. The summed E-state index contributed by atoms with van der Waals surface area (Å²) in [6.07, 6.45) is 1.67. The molecule has 132 valence electrons. The summed E-state index contributed by atoms with van der Waals surface area (Å²) in [5, 5.41) is 9.74. The Balaban J connectivity index is 2.69. The number of benzene rings is 2. The molecule has 0 unspecified atom stereocenters. The molecule has 1 N–H and O–H groups in total. The molecule has 0 aliphatic carbocycles. The molecule has 0 atom stereocenters. The molecule has 2 rings (SSSR count). The second kappa shape index (κ2) is 8.47. The highest BCUT2D eigenvalue weighted by Crippen LogP contribution is 2.30. The Morgan fingerprint density at radius 1 is 0.920 bits per heavy atom. The minimum atomic E-state index is -1.06. The largest absolute Gasteiger partial charge is 0.478 e. The Morgan fingerprint density at radius 2 is 1.52 bits per heavy atom.